The molecule has 1 aliphatic carbocycles. The average Bonchev–Trinajstić information content (AvgIpc) is 3.04. The Balaban J connectivity index is 1.75. The molecule has 2 atom stereocenters. The van der Waals surface area contributed by atoms with Crippen LogP contribution in [0.4, 0.5) is 0 Å². The first-order valence-corrected chi connectivity index (χ1v) is 10.6. The van der Waals surface area contributed by atoms with Crippen LogP contribution in [0.2, 0.25) is 0 Å². The van der Waals surface area contributed by atoms with E-state index in [0.717, 1.165) is 41.9 Å². The number of carbonyl (C=O) groups excluding carboxylic acids is 1. The fourth-order valence-electron chi connectivity index (χ4n) is 4.91. The zero-order valence-corrected chi connectivity index (χ0v) is 18.4. The van der Waals surface area contributed by atoms with Crippen molar-refractivity contribution in [2.75, 3.05) is 14.2 Å². The number of nitrogens with zero attached hydrogens (tertiary/aromatic N) is 2. The third kappa shape index (κ3) is 3.17. The summed E-state index contributed by atoms with van der Waals surface area (Å²) in [5.41, 5.74) is 3.92. The summed E-state index contributed by atoms with van der Waals surface area (Å²) in [6.07, 6.45) is 2.63. The highest BCUT2D eigenvalue weighted by Gasteiger charge is 2.50. The van der Waals surface area contributed by atoms with Crippen molar-refractivity contribution in [1.29, 1.82) is 0 Å². The van der Waals surface area contributed by atoms with E-state index in [2.05, 4.69) is 20.8 Å². The van der Waals surface area contributed by atoms with Gasteiger partial charge in [-0.25, -0.2) is 5.01 Å². The molecule has 1 amide bonds. The summed E-state index contributed by atoms with van der Waals surface area (Å²) in [6, 6.07) is 14.1. The van der Waals surface area contributed by atoms with E-state index in [-0.39, 0.29) is 23.3 Å². The average molecular weight is 407 g/mol. The van der Waals surface area contributed by atoms with Gasteiger partial charge in [-0.15, -0.1) is 0 Å². The molecule has 1 aliphatic heterocycles. The van der Waals surface area contributed by atoms with Crippen molar-refractivity contribution < 1.29 is 14.3 Å². The quantitative estimate of drug-likeness (QED) is 0.718. The minimum absolute atomic E-state index is 0.0672. The van der Waals surface area contributed by atoms with Gasteiger partial charge in [-0.1, -0.05) is 37.3 Å². The Morgan fingerprint density at radius 3 is 2.47 bits per heavy atom. The topological polar surface area (TPSA) is 51.1 Å². The lowest BCUT2D eigenvalue weighted by molar-refractivity contribution is -0.138. The van der Waals surface area contributed by atoms with Gasteiger partial charge in [0.25, 0.3) is 5.91 Å². The van der Waals surface area contributed by atoms with Gasteiger partial charge in [0.05, 0.1) is 31.4 Å². The SMILES string of the molecule is CC[C@H](C(=O)N1N=C2c3cc(OC)c(OC)cc3CCC2C1(C)C)c1ccccc1. The van der Waals surface area contributed by atoms with E-state index in [0.29, 0.717) is 5.75 Å². The zero-order valence-electron chi connectivity index (χ0n) is 18.4. The lowest BCUT2D eigenvalue weighted by Gasteiger charge is -2.37. The Morgan fingerprint density at radius 1 is 1.17 bits per heavy atom. The van der Waals surface area contributed by atoms with Gasteiger partial charge < -0.3 is 9.47 Å². The number of hydrogen-bond acceptors (Lipinski definition) is 4. The predicted octanol–water partition coefficient (Wildman–Crippen LogP) is 4.78. The van der Waals surface area contributed by atoms with Crippen LogP contribution in [0.3, 0.4) is 0 Å². The summed E-state index contributed by atoms with van der Waals surface area (Å²) in [4.78, 5) is 13.6. The highest BCUT2D eigenvalue weighted by molar-refractivity contribution is 6.08. The largest absolute Gasteiger partial charge is 0.493 e. The number of rotatable bonds is 5. The van der Waals surface area contributed by atoms with Crippen molar-refractivity contribution in [3.8, 4) is 11.5 Å². The number of benzene rings is 2. The van der Waals surface area contributed by atoms with Crippen LogP contribution in [0.25, 0.3) is 0 Å². The van der Waals surface area contributed by atoms with Crippen LogP contribution in [-0.4, -0.2) is 36.4 Å². The van der Waals surface area contributed by atoms with Gasteiger partial charge in [-0.3, -0.25) is 4.79 Å². The molecule has 0 N–H and O–H groups in total. The lowest BCUT2D eigenvalue weighted by atomic mass is 9.73. The normalized spacial score (nSPS) is 20.1. The zero-order chi connectivity index (χ0) is 21.5. The Kier molecular flexibility index (Phi) is 5.31. The molecule has 0 spiro atoms. The summed E-state index contributed by atoms with van der Waals surface area (Å²) in [5, 5.41) is 6.68. The van der Waals surface area contributed by atoms with Gasteiger partial charge in [0, 0.05) is 11.5 Å². The van der Waals surface area contributed by atoms with Gasteiger partial charge in [0.2, 0.25) is 0 Å². The molecule has 158 valence electrons. The van der Waals surface area contributed by atoms with Crippen LogP contribution in [0, 0.1) is 5.92 Å². The van der Waals surface area contributed by atoms with Crippen molar-refractivity contribution in [3.63, 3.8) is 0 Å². The van der Waals surface area contributed by atoms with Crippen LogP contribution in [0.5, 0.6) is 11.5 Å². The van der Waals surface area contributed by atoms with E-state index >= 15 is 0 Å². The summed E-state index contributed by atoms with van der Waals surface area (Å²) < 4.78 is 11.0. The van der Waals surface area contributed by atoms with Gasteiger partial charge in [0.1, 0.15) is 0 Å². The van der Waals surface area contributed by atoms with Crippen LogP contribution in [-0.2, 0) is 11.2 Å². The van der Waals surface area contributed by atoms with Gasteiger partial charge in [-0.2, -0.15) is 5.10 Å². The molecule has 0 saturated heterocycles. The van der Waals surface area contributed by atoms with E-state index < -0.39 is 0 Å². The summed E-state index contributed by atoms with van der Waals surface area (Å²) >= 11 is 0. The van der Waals surface area contributed by atoms with E-state index in [1.54, 1.807) is 19.2 Å². The van der Waals surface area contributed by atoms with Crippen LogP contribution >= 0.6 is 0 Å². The van der Waals surface area contributed by atoms with Crippen molar-refractivity contribution in [1.82, 2.24) is 5.01 Å². The third-order valence-corrected chi connectivity index (χ3v) is 6.64. The van der Waals surface area contributed by atoms with Crippen LogP contribution < -0.4 is 9.47 Å². The predicted molar refractivity (Wildman–Crippen MR) is 118 cm³/mol. The fraction of sp³-hybridized carbons (Fsp3) is 0.440. The number of ether oxygens (including phenoxy) is 2. The Hall–Kier alpha value is -2.82. The first kappa shape index (κ1) is 20.5. The summed E-state index contributed by atoms with van der Waals surface area (Å²) in [5.74, 6) is 1.49. The van der Waals surface area contributed by atoms with Gasteiger partial charge >= 0.3 is 0 Å². The molecule has 0 aromatic heterocycles. The van der Waals surface area contributed by atoms with E-state index in [1.165, 1.54) is 5.56 Å². The first-order valence-electron chi connectivity index (χ1n) is 10.6. The summed E-state index contributed by atoms with van der Waals surface area (Å²) in [7, 11) is 3.30. The second kappa shape index (κ2) is 7.78. The monoisotopic (exact) mass is 406 g/mol. The summed E-state index contributed by atoms with van der Waals surface area (Å²) in [6.45, 7) is 6.33. The highest BCUT2D eigenvalue weighted by Crippen LogP contribution is 2.45. The molecule has 5 heteroatoms. The second-order valence-corrected chi connectivity index (χ2v) is 8.62. The standard InChI is InChI=1S/C25H30N2O3/c1-6-18(16-10-8-7-9-11-16)24(28)27-25(2,3)20-13-12-17-14-21(29-4)22(30-5)15-19(17)23(20)26-27/h7-11,14-15,18,20H,6,12-13H2,1-5H3/t18-,20?/m0/s1. The third-order valence-electron chi connectivity index (χ3n) is 6.64. The molecule has 0 fully saturated rings. The molecule has 2 aliphatic rings. The number of hydrazone groups is 1. The van der Waals surface area contributed by atoms with Gasteiger partial charge in [0.15, 0.2) is 11.5 Å². The molecule has 1 unspecified atom stereocenters. The number of aryl methyl sites for hydroxylation is 1. The maximum Gasteiger partial charge on any atom is 0.250 e. The number of carbonyl (C=O) groups is 1. The minimum atomic E-state index is -0.376. The van der Waals surface area contributed by atoms with E-state index in [9.17, 15) is 4.79 Å². The smallest absolute Gasteiger partial charge is 0.250 e. The first-order chi connectivity index (χ1) is 14.4. The Bertz CT molecular complexity index is 981. The maximum absolute atomic E-state index is 13.6. The molecule has 4 rings (SSSR count). The maximum atomic E-state index is 13.6. The number of methoxy groups -OCH3 is 2. The fourth-order valence-corrected chi connectivity index (χ4v) is 4.91. The number of amides is 1. The molecule has 2 aromatic carbocycles. The minimum Gasteiger partial charge on any atom is -0.493 e. The molecule has 2 aromatic rings. The molecule has 30 heavy (non-hydrogen) atoms. The molecule has 0 bridgehead atoms. The van der Waals surface area contributed by atoms with E-state index in [1.807, 2.05) is 42.5 Å². The van der Waals surface area contributed by atoms with Crippen molar-refractivity contribution in [3.05, 3.63) is 59.2 Å². The Morgan fingerprint density at radius 2 is 1.83 bits per heavy atom. The molecular formula is C25H30N2O3. The van der Waals surface area contributed by atoms with Crippen molar-refractivity contribution in [2.45, 2.75) is 51.5 Å². The number of hydrogen-bond donors (Lipinski definition) is 0. The highest BCUT2D eigenvalue weighted by atomic mass is 16.5. The number of fused-ring (bicyclic) bond motifs is 3. The molecule has 0 saturated carbocycles. The molecule has 5 nitrogen and oxygen atoms in total. The second-order valence-electron chi connectivity index (χ2n) is 8.62. The van der Waals surface area contributed by atoms with Crippen molar-refractivity contribution in [2.24, 2.45) is 11.0 Å². The van der Waals surface area contributed by atoms with Gasteiger partial charge in [-0.05, 0) is 56.4 Å². The molecular weight excluding hydrogens is 376 g/mol. The molecule has 0 radical (unpaired) electrons. The van der Waals surface area contributed by atoms with Crippen LogP contribution in [0.15, 0.2) is 47.6 Å². The lowest BCUT2D eigenvalue weighted by Crippen LogP contribution is -2.48. The van der Waals surface area contributed by atoms with E-state index in [4.69, 9.17) is 14.6 Å². The van der Waals surface area contributed by atoms with Crippen molar-refractivity contribution >= 4 is 11.6 Å². The van der Waals surface area contributed by atoms with Crippen LogP contribution in [0.1, 0.15) is 56.2 Å². The molecule has 1 heterocycles. The Labute approximate surface area is 178 Å².